The van der Waals surface area contributed by atoms with Crippen LogP contribution < -0.4 is 10.5 Å². The zero-order valence-corrected chi connectivity index (χ0v) is 14.7. The van der Waals surface area contributed by atoms with Crippen LogP contribution in [0, 0.1) is 6.92 Å². The van der Waals surface area contributed by atoms with E-state index in [1.807, 2.05) is 42.6 Å². The lowest BCUT2D eigenvalue weighted by atomic mass is 10.0. The molecule has 0 aliphatic carbocycles. The predicted octanol–water partition coefficient (Wildman–Crippen LogP) is 4.25. The predicted molar refractivity (Wildman–Crippen MR) is 102 cm³/mol. The van der Waals surface area contributed by atoms with Crippen LogP contribution in [0.5, 0.6) is 11.8 Å². The smallest absolute Gasteiger partial charge is 0.322 e. The topological polar surface area (TPSA) is 91.0 Å². The summed E-state index contributed by atoms with van der Waals surface area (Å²) in [5.74, 6) is 1.05. The molecule has 4 aromatic rings. The van der Waals surface area contributed by atoms with E-state index in [0.29, 0.717) is 23.1 Å². The molecule has 0 spiro atoms. The lowest BCUT2D eigenvalue weighted by Crippen LogP contribution is -1.94. The SMILES string of the molecule is Cc1ccnc(Oc2ccc(-c3csc4c(C=O)cnc(N)c34)cc2)n1. The second kappa shape index (κ2) is 6.53. The molecular weight excluding hydrogens is 348 g/mol. The number of hydrogen-bond acceptors (Lipinski definition) is 7. The average Bonchev–Trinajstić information content (AvgIpc) is 3.09. The summed E-state index contributed by atoms with van der Waals surface area (Å²) in [5.41, 5.74) is 9.33. The van der Waals surface area contributed by atoms with Gasteiger partial charge in [-0.05, 0) is 36.1 Å². The first-order valence-electron chi connectivity index (χ1n) is 7.84. The number of nitrogen functional groups attached to an aromatic ring is 1. The highest BCUT2D eigenvalue weighted by Crippen LogP contribution is 2.38. The number of carbonyl (C=O) groups is 1. The molecule has 0 radical (unpaired) electrons. The Balaban J connectivity index is 1.69. The molecule has 0 fully saturated rings. The standard InChI is InChI=1S/C19H14N4O2S/c1-11-6-7-21-19(23-11)25-14-4-2-12(3-5-14)15-10-26-17-13(9-24)8-22-18(20)16(15)17/h2-10H,1H3,(H2,20,22). The molecule has 0 atom stereocenters. The molecule has 0 aliphatic heterocycles. The minimum absolute atomic E-state index is 0.308. The number of benzene rings is 1. The van der Waals surface area contributed by atoms with E-state index in [0.717, 1.165) is 33.2 Å². The van der Waals surface area contributed by atoms with E-state index in [2.05, 4.69) is 15.0 Å². The average molecular weight is 362 g/mol. The number of ether oxygens (including phenoxy) is 1. The number of rotatable bonds is 4. The number of hydrogen-bond donors (Lipinski definition) is 1. The van der Waals surface area contributed by atoms with Gasteiger partial charge in [0.2, 0.25) is 0 Å². The summed E-state index contributed by atoms with van der Waals surface area (Å²) in [6, 6.07) is 9.67. The normalized spacial score (nSPS) is 10.8. The van der Waals surface area contributed by atoms with Gasteiger partial charge in [-0.2, -0.15) is 0 Å². The number of nitrogens with two attached hydrogens (primary N) is 1. The molecule has 6 nitrogen and oxygen atoms in total. The molecule has 4 rings (SSSR count). The molecule has 0 unspecified atom stereocenters. The fourth-order valence-electron chi connectivity index (χ4n) is 2.67. The first-order chi connectivity index (χ1) is 12.7. The van der Waals surface area contributed by atoms with E-state index in [1.54, 1.807) is 6.20 Å². The quantitative estimate of drug-likeness (QED) is 0.546. The Morgan fingerprint density at radius 3 is 2.69 bits per heavy atom. The van der Waals surface area contributed by atoms with E-state index in [-0.39, 0.29) is 0 Å². The molecule has 0 saturated heterocycles. The number of aryl methyl sites for hydroxylation is 1. The Morgan fingerprint density at radius 1 is 1.15 bits per heavy atom. The van der Waals surface area contributed by atoms with E-state index in [4.69, 9.17) is 10.5 Å². The van der Waals surface area contributed by atoms with Gasteiger partial charge in [-0.25, -0.2) is 15.0 Å². The van der Waals surface area contributed by atoms with Gasteiger partial charge in [-0.15, -0.1) is 11.3 Å². The van der Waals surface area contributed by atoms with E-state index < -0.39 is 0 Å². The maximum atomic E-state index is 11.2. The molecule has 26 heavy (non-hydrogen) atoms. The number of carbonyl (C=O) groups excluding carboxylic acids is 1. The fraction of sp³-hybridized carbons (Fsp3) is 0.0526. The minimum Gasteiger partial charge on any atom is -0.424 e. The number of aldehydes is 1. The Bertz CT molecular complexity index is 1110. The highest BCUT2D eigenvalue weighted by Gasteiger charge is 2.14. The van der Waals surface area contributed by atoms with Crippen molar-refractivity contribution in [3.8, 4) is 22.9 Å². The van der Waals surface area contributed by atoms with Crippen LogP contribution in [0.1, 0.15) is 16.1 Å². The summed E-state index contributed by atoms with van der Waals surface area (Å²) >= 11 is 1.48. The molecule has 7 heteroatoms. The van der Waals surface area contributed by atoms with Gasteiger partial charge in [0.05, 0.1) is 10.3 Å². The molecular formula is C19H14N4O2S. The van der Waals surface area contributed by atoms with Crippen LogP contribution in [-0.4, -0.2) is 21.2 Å². The van der Waals surface area contributed by atoms with Crippen molar-refractivity contribution in [3.63, 3.8) is 0 Å². The van der Waals surface area contributed by atoms with Gasteiger partial charge in [-0.1, -0.05) is 12.1 Å². The van der Waals surface area contributed by atoms with Gasteiger partial charge < -0.3 is 10.5 Å². The van der Waals surface area contributed by atoms with Crippen LogP contribution in [0.2, 0.25) is 0 Å². The van der Waals surface area contributed by atoms with Crippen LogP contribution in [0.4, 0.5) is 5.82 Å². The largest absolute Gasteiger partial charge is 0.424 e. The zero-order valence-electron chi connectivity index (χ0n) is 13.8. The Hall–Kier alpha value is -3.32. The Morgan fingerprint density at radius 2 is 1.96 bits per heavy atom. The molecule has 3 heterocycles. The van der Waals surface area contributed by atoms with Gasteiger partial charge >= 0.3 is 6.01 Å². The van der Waals surface area contributed by atoms with Crippen molar-refractivity contribution in [3.05, 3.63) is 59.4 Å². The second-order valence-corrected chi connectivity index (χ2v) is 6.56. The Kier molecular flexibility index (Phi) is 4.06. The fourth-order valence-corrected chi connectivity index (χ4v) is 3.73. The van der Waals surface area contributed by atoms with Crippen molar-refractivity contribution in [1.82, 2.24) is 15.0 Å². The van der Waals surface area contributed by atoms with Gasteiger partial charge in [0.15, 0.2) is 6.29 Å². The summed E-state index contributed by atoms with van der Waals surface area (Å²) in [5, 5.41) is 2.78. The van der Waals surface area contributed by atoms with Crippen LogP contribution in [-0.2, 0) is 0 Å². The van der Waals surface area contributed by atoms with Gasteiger partial charge in [0, 0.05) is 29.0 Å². The van der Waals surface area contributed by atoms with Crippen LogP contribution >= 0.6 is 11.3 Å². The molecule has 0 amide bonds. The number of anilines is 1. The highest BCUT2D eigenvalue weighted by atomic mass is 32.1. The third kappa shape index (κ3) is 2.89. The van der Waals surface area contributed by atoms with Gasteiger partial charge in [-0.3, -0.25) is 4.79 Å². The second-order valence-electron chi connectivity index (χ2n) is 5.68. The lowest BCUT2D eigenvalue weighted by molar-refractivity contribution is 0.112. The van der Waals surface area contributed by atoms with Crippen molar-refractivity contribution >= 4 is 33.5 Å². The number of fused-ring (bicyclic) bond motifs is 1. The maximum Gasteiger partial charge on any atom is 0.322 e. The minimum atomic E-state index is 0.308. The first kappa shape index (κ1) is 16.2. The molecule has 0 bridgehead atoms. The summed E-state index contributed by atoms with van der Waals surface area (Å²) in [6.07, 6.45) is 3.96. The molecule has 1 aromatic carbocycles. The molecule has 0 aliphatic rings. The van der Waals surface area contributed by atoms with Gasteiger partial charge in [0.25, 0.3) is 0 Å². The highest BCUT2D eigenvalue weighted by molar-refractivity contribution is 7.18. The lowest BCUT2D eigenvalue weighted by Gasteiger charge is -2.06. The first-order valence-corrected chi connectivity index (χ1v) is 8.72. The summed E-state index contributed by atoms with van der Waals surface area (Å²) in [7, 11) is 0. The summed E-state index contributed by atoms with van der Waals surface area (Å²) < 4.78 is 6.52. The van der Waals surface area contributed by atoms with E-state index in [9.17, 15) is 4.79 Å². The number of nitrogens with zero attached hydrogens (tertiary/aromatic N) is 3. The van der Waals surface area contributed by atoms with Crippen molar-refractivity contribution in [2.24, 2.45) is 0 Å². The third-order valence-corrected chi connectivity index (χ3v) is 4.96. The van der Waals surface area contributed by atoms with Crippen molar-refractivity contribution < 1.29 is 9.53 Å². The van der Waals surface area contributed by atoms with E-state index in [1.165, 1.54) is 17.5 Å². The maximum absolute atomic E-state index is 11.2. The number of pyridine rings is 1. The van der Waals surface area contributed by atoms with Crippen LogP contribution in [0.15, 0.2) is 48.1 Å². The summed E-state index contributed by atoms with van der Waals surface area (Å²) in [6.45, 7) is 1.88. The van der Waals surface area contributed by atoms with E-state index >= 15 is 0 Å². The zero-order chi connectivity index (χ0) is 18.1. The number of aromatic nitrogens is 3. The van der Waals surface area contributed by atoms with Gasteiger partial charge in [0.1, 0.15) is 11.6 Å². The molecule has 2 N–H and O–H groups in total. The summed E-state index contributed by atoms with van der Waals surface area (Å²) in [4.78, 5) is 23.7. The van der Waals surface area contributed by atoms with Crippen molar-refractivity contribution in [2.75, 3.05) is 5.73 Å². The molecule has 3 aromatic heterocycles. The van der Waals surface area contributed by atoms with Crippen molar-refractivity contribution in [2.45, 2.75) is 6.92 Å². The van der Waals surface area contributed by atoms with Crippen LogP contribution in [0.25, 0.3) is 21.2 Å². The molecule has 128 valence electrons. The van der Waals surface area contributed by atoms with Crippen LogP contribution in [0.3, 0.4) is 0 Å². The monoisotopic (exact) mass is 362 g/mol. The van der Waals surface area contributed by atoms with Crippen molar-refractivity contribution in [1.29, 1.82) is 0 Å². The third-order valence-electron chi connectivity index (χ3n) is 3.93. The molecule has 0 saturated carbocycles. The number of thiophene rings is 1. The Labute approximate surface area is 153 Å².